The summed E-state index contributed by atoms with van der Waals surface area (Å²) in [6.07, 6.45) is 4.59. The van der Waals surface area contributed by atoms with E-state index in [4.69, 9.17) is 0 Å². The van der Waals surface area contributed by atoms with Crippen LogP contribution in [0.4, 0.5) is 10.1 Å². The van der Waals surface area contributed by atoms with Crippen molar-refractivity contribution in [3.8, 4) is 6.07 Å². The Labute approximate surface area is 154 Å². The van der Waals surface area contributed by atoms with Crippen LogP contribution in [-0.2, 0) is 4.79 Å². The van der Waals surface area contributed by atoms with E-state index in [1.807, 2.05) is 17.9 Å². The molecular weight excluding hydrogens is 331 g/mol. The fourth-order valence-electron chi connectivity index (χ4n) is 3.98. The highest BCUT2D eigenvalue weighted by Gasteiger charge is 2.36. The van der Waals surface area contributed by atoms with Crippen molar-refractivity contribution in [2.24, 2.45) is 0 Å². The van der Waals surface area contributed by atoms with Gasteiger partial charge in [0, 0.05) is 26.2 Å². The number of hydrogen-bond acceptors (Lipinski definition) is 4. The Bertz CT molecular complexity index is 673. The second-order valence-electron chi connectivity index (χ2n) is 7.39. The van der Waals surface area contributed by atoms with Gasteiger partial charge >= 0.3 is 0 Å². The van der Waals surface area contributed by atoms with Crippen molar-refractivity contribution >= 4 is 11.6 Å². The molecule has 1 aliphatic carbocycles. The zero-order valence-electron chi connectivity index (χ0n) is 15.4. The Morgan fingerprint density at radius 1 is 1.19 bits per heavy atom. The lowest BCUT2D eigenvalue weighted by molar-refractivity contribution is -0.127. The molecule has 1 atom stereocenters. The first kappa shape index (κ1) is 18.7. The van der Waals surface area contributed by atoms with Crippen LogP contribution in [0.5, 0.6) is 0 Å². The van der Waals surface area contributed by atoms with Crippen LogP contribution in [-0.4, -0.2) is 48.6 Å². The maximum atomic E-state index is 13.9. The topological polar surface area (TPSA) is 59.4 Å². The van der Waals surface area contributed by atoms with Crippen LogP contribution >= 0.6 is 0 Å². The van der Waals surface area contributed by atoms with Crippen molar-refractivity contribution in [2.75, 3.05) is 31.1 Å². The number of nitrogens with zero attached hydrogens (tertiary/aromatic N) is 3. The van der Waals surface area contributed by atoms with Gasteiger partial charge in [-0.3, -0.25) is 9.69 Å². The molecule has 1 N–H and O–H groups in total. The molecule has 1 aromatic carbocycles. The summed E-state index contributed by atoms with van der Waals surface area (Å²) in [6.45, 7) is 4.65. The van der Waals surface area contributed by atoms with Crippen molar-refractivity contribution in [3.63, 3.8) is 0 Å². The number of para-hydroxylation sites is 1. The second kappa shape index (κ2) is 8.05. The molecule has 0 radical (unpaired) electrons. The van der Waals surface area contributed by atoms with Crippen LogP contribution in [0.1, 0.15) is 39.0 Å². The molecule has 0 aromatic heterocycles. The van der Waals surface area contributed by atoms with E-state index in [0.717, 1.165) is 32.1 Å². The number of carbonyl (C=O) groups excluding carboxylic acids is 1. The molecule has 6 heteroatoms. The van der Waals surface area contributed by atoms with Crippen molar-refractivity contribution in [1.29, 1.82) is 5.26 Å². The molecule has 1 heterocycles. The lowest BCUT2D eigenvalue weighted by Gasteiger charge is -2.40. The average molecular weight is 358 g/mol. The number of anilines is 1. The molecule has 140 valence electrons. The molecule has 1 saturated carbocycles. The van der Waals surface area contributed by atoms with Gasteiger partial charge in [-0.2, -0.15) is 5.26 Å². The van der Waals surface area contributed by atoms with Gasteiger partial charge in [0.1, 0.15) is 11.4 Å². The molecule has 0 bridgehead atoms. The highest BCUT2D eigenvalue weighted by molar-refractivity contribution is 5.82. The summed E-state index contributed by atoms with van der Waals surface area (Å²) in [5.41, 5.74) is -0.0756. The average Bonchev–Trinajstić information content (AvgIpc) is 2.68. The highest BCUT2D eigenvalue weighted by Crippen LogP contribution is 2.28. The Morgan fingerprint density at radius 2 is 1.85 bits per heavy atom. The smallest absolute Gasteiger partial charge is 0.238 e. The number of nitriles is 1. The third kappa shape index (κ3) is 3.99. The number of rotatable bonds is 4. The van der Waals surface area contributed by atoms with Gasteiger partial charge in [0.05, 0.1) is 17.8 Å². The lowest BCUT2D eigenvalue weighted by atomic mass is 9.82. The number of nitrogens with one attached hydrogen (secondary N) is 1. The zero-order chi connectivity index (χ0) is 18.6. The Balaban J connectivity index is 1.56. The van der Waals surface area contributed by atoms with E-state index in [1.54, 1.807) is 12.1 Å². The van der Waals surface area contributed by atoms with Crippen LogP contribution in [0, 0.1) is 17.1 Å². The van der Waals surface area contributed by atoms with E-state index < -0.39 is 5.54 Å². The van der Waals surface area contributed by atoms with Gasteiger partial charge in [-0.15, -0.1) is 0 Å². The van der Waals surface area contributed by atoms with Gasteiger partial charge in [0.25, 0.3) is 0 Å². The molecule has 2 aliphatic rings. The minimum Gasteiger partial charge on any atom is -0.367 e. The normalized spacial score (nSPS) is 21.7. The maximum Gasteiger partial charge on any atom is 0.238 e. The van der Waals surface area contributed by atoms with Crippen molar-refractivity contribution < 1.29 is 9.18 Å². The lowest BCUT2D eigenvalue weighted by Crippen LogP contribution is -2.58. The van der Waals surface area contributed by atoms with Crippen LogP contribution < -0.4 is 10.2 Å². The fourth-order valence-corrected chi connectivity index (χ4v) is 3.98. The van der Waals surface area contributed by atoms with Crippen LogP contribution in [0.3, 0.4) is 0 Å². The Kier molecular flexibility index (Phi) is 5.77. The number of amides is 1. The first-order valence-corrected chi connectivity index (χ1v) is 9.51. The fraction of sp³-hybridized carbons (Fsp3) is 0.600. The van der Waals surface area contributed by atoms with E-state index in [9.17, 15) is 14.4 Å². The third-order valence-electron chi connectivity index (χ3n) is 5.72. The highest BCUT2D eigenvalue weighted by atomic mass is 19.1. The largest absolute Gasteiger partial charge is 0.367 e. The molecule has 0 spiro atoms. The summed E-state index contributed by atoms with van der Waals surface area (Å²) in [6, 6.07) is 8.85. The summed E-state index contributed by atoms with van der Waals surface area (Å²) in [7, 11) is 0. The van der Waals surface area contributed by atoms with E-state index in [-0.39, 0.29) is 17.8 Å². The van der Waals surface area contributed by atoms with Gasteiger partial charge in [0.15, 0.2) is 0 Å². The second-order valence-corrected chi connectivity index (χ2v) is 7.39. The monoisotopic (exact) mass is 358 g/mol. The molecule has 1 amide bonds. The number of halogens is 1. The number of hydrogen-bond donors (Lipinski definition) is 1. The number of piperazine rings is 1. The maximum absolute atomic E-state index is 13.9. The van der Waals surface area contributed by atoms with E-state index >= 15 is 0 Å². The van der Waals surface area contributed by atoms with Crippen molar-refractivity contribution in [1.82, 2.24) is 10.2 Å². The Hall–Kier alpha value is -2.13. The molecule has 1 saturated heterocycles. The Morgan fingerprint density at radius 3 is 2.46 bits per heavy atom. The van der Waals surface area contributed by atoms with E-state index in [2.05, 4.69) is 16.3 Å². The van der Waals surface area contributed by atoms with Crippen molar-refractivity contribution in [3.05, 3.63) is 30.1 Å². The molecule has 1 unspecified atom stereocenters. The predicted molar refractivity (Wildman–Crippen MR) is 99.2 cm³/mol. The number of benzene rings is 1. The summed E-state index contributed by atoms with van der Waals surface area (Å²) in [5, 5.41) is 12.6. The van der Waals surface area contributed by atoms with Gasteiger partial charge < -0.3 is 10.2 Å². The van der Waals surface area contributed by atoms with E-state index in [1.165, 1.54) is 6.07 Å². The zero-order valence-corrected chi connectivity index (χ0v) is 15.4. The molecular formula is C20H27FN4O. The van der Waals surface area contributed by atoms with Crippen LogP contribution in [0.2, 0.25) is 0 Å². The van der Waals surface area contributed by atoms with Crippen LogP contribution in [0.15, 0.2) is 24.3 Å². The third-order valence-corrected chi connectivity index (χ3v) is 5.72. The summed E-state index contributed by atoms with van der Waals surface area (Å²) >= 11 is 0. The summed E-state index contributed by atoms with van der Waals surface area (Å²) < 4.78 is 13.9. The van der Waals surface area contributed by atoms with Gasteiger partial charge in [-0.1, -0.05) is 31.4 Å². The minimum absolute atomic E-state index is 0.0761. The molecule has 1 aromatic rings. The van der Waals surface area contributed by atoms with Gasteiger partial charge in [-0.25, -0.2) is 4.39 Å². The predicted octanol–water partition coefficient (Wildman–Crippen LogP) is 2.68. The molecule has 26 heavy (non-hydrogen) atoms. The van der Waals surface area contributed by atoms with Gasteiger partial charge in [0.2, 0.25) is 5.91 Å². The molecule has 5 nitrogen and oxygen atoms in total. The number of carbonyl (C=O) groups is 1. The van der Waals surface area contributed by atoms with Crippen LogP contribution in [0.25, 0.3) is 0 Å². The van der Waals surface area contributed by atoms with E-state index in [0.29, 0.717) is 31.9 Å². The van der Waals surface area contributed by atoms with Crippen molar-refractivity contribution in [2.45, 2.75) is 50.6 Å². The first-order chi connectivity index (χ1) is 12.5. The first-order valence-electron chi connectivity index (χ1n) is 9.51. The minimum atomic E-state index is -0.696. The molecule has 1 aliphatic heterocycles. The van der Waals surface area contributed by atoms with Gasteiger partial charge in [-0.05, 0) is 31.9 Å². The summed E-state index contributed by atoms with van der Waals surface area (Å²) in [5.74, 6) is -0.284. The molecule has 2 fully saturated rings. The quantitative estimate of drug-likeness (QED) is 0.899. The molecule has 3 rings (SSSR count). The summed E-state index contributed by atoms with van der Waals surface area (Å²) in [4.78, 5) is 16.8. The SMILES string of the molecule is CC(C(=O)NC1(C#N)CCCCC1)N1CCN(c2ccccc2F)CC1. The standard InChI is InChI=1S/C20H27FN4O/c1-16(19(26)23-20(15-22)9-5-2-6-10-20)24-11-13-25(14-12-24)18-8-4-3-7-17(18)21/h3-4,7-8,16H,2,5-6,9-14H2,1H3,(H,23,26).